The molecule has 0 aliphatic carbocycles. The number of rotatable bonds is 5. The third-order valence-electron chi connectivity index (χ3n) is 1.19. The Bertz CT molecular complexity index is 273. The monoisotopic (exact) mass is 197 g/mol. The quantitative estimate of drug-likeness (QED) is 0.336. The summed E-state index contributed by atoms with van der Waals surface area (Å²) in [6, 6.07) is 0. The van der Waals surface area contributed by atoms with Crippen molar-refractivity contribution in [2.45, 2.75) is 6.42 Å². The molecule has 0 fully saturated rings. The number of hydrogen-bond acceptors (Lipinski definition) is 5. The molecule has 0 saturated heterocycles. The number of hydrogen-bond donors (Lipinski definition) is 0. The molecule has 5 heteroatoms. The maximum atomic E-state index is 10.6. The van der Waals surface area contributed by atoms with Gasteiger partial charge in [-0.15, -0.1) is 6.42 Å². The molecule has 0 amide bonds. The minimum atomic E-state index is -1.37. The van der Waals surface area contributed by atoms with Crippen LogP contribution >= 0.6 is 0 Å². The van der Waals surface area contributed by atoms with E-state index in [9.17, 15) is 14.7 Å². The Kier molecular flexibility index (Phi) is 5.63. The lowest BCUT2D eigenvalue weighted by molar-refractivity contribution is -0.299. The number of carbonyl (C=O) groups is 2. The van der Waals surface area contributed by atoms with Crippen LogP contribution in [-0.2, 0) is 14.3 Å². The van der Waals surface area contributed by atoms with Crippen LogP contribution < -0.4 is 5.11 Å². The standard InChI is InChI=1S/C9H10O5/c1-3-5-13-9(12)14-6-4-7(2)8(10)11/h1H,2,4-6H2,(H,10,11)/p-1. The van der Waals surface area contributed by atoms with E-state index >= 15 is 0 Å². The van der Waals surface area contributed by atoms with Crippen molar-refractivity contribution < 1.29 is 24.2 Å². The van der Waals surface area contributed by atoms with E-state index in [0.717, 1.165) is 0 Å². The summed E-state index contributed by atoms with van der Waals surface area (Å²) >= 11 is 0. The average Bonchev–Trinajstić information content (AvgIpc) is 2.14. The number of carboxylic acid groups (broad SMARTS) is 1. The van der Waals surface area contributed by atoms with Gasteiger partial charge in [0.25, 0.3) is 0 Å². The van der Waals surface area contributed by atoms with Crippen LogP contribution in [0, 0.1) is 12.3 Å². The largest absolute Gasteiger partial charge is 0.545 e. The van der Waals surface area contributed by atoms with Gasteiger partial charge in [-0.3, -0.25) is 0 Å². The van der Waals surface area contributed by atoms with Gasteiger partial charge in [0.2, 0.25) is 0 Å². The van der Waals surface area contributed by atoms with Crippen molar-refractivity contribution in [1.29, 1.82) is 0 Å². The Balaban J connectivity index is 3.55. The maximum absolute atomic E-state index is 10.6. The van der Waals surface area contributed by atoms with Crippen LogP contribution in [0.4, 0.5) is 4.79 Å². The molecular weight excluding hydrogens is 188 g/mol. The third kappa shape index (κ3) is 5.66. The Morgan fingerprint density at radius 2 is 2.07 bits per heavy atom. The Morgan fingerprint density at radius 3 is 2.57 bits per heavy atom. The topological polar surface area (TPSA) is 75.7 Å². The third-order valence-corrected chi connectivity index (χ3v) is 1.19. The lowest BCUT2D eigenvalue weighted by Gasteiger charge is -2.06. The first-order valence-corrected chi connectivity index (χ1v) is 3.70. The molecule has 0 bridgehead atoms. The molecule has 0 aromatic carbocycles. The summed E-state index contributed by atoms with van der Waals surface area (Å²) in [5, 5.41) is 10.1. The Labute approximate surface area is 81.3 Å². The van der Waals surface area contributed by atoms with Gasteiger partial charge in [0.1, 0.15) is 0 Å². The lowest BCUT2D eigenvalue weighted by Crippen LogP contribution is -2.24. The normalized spacial score (nSPS) is 8.50. The molecule has 0 rings (SSSR count). The van der Waals surface area contributed by atoms with Crippen LogP contribution in [0.15, 0.2) is 12.2 Å². The molecule has 5 nitrogen and oxygen atoms in total. The molecule has 0 saturated carbocycles. The van der Waals surface area contributed by atoms with E-state index in [2.05, 4.69) is 22.0 Å². The minimum absolute atomic E-state index is 0.00646. The predicted octanol–water partition coefficient (Wildman–Crippen LogP) is -0.531. The van der Waals surface area contributed by atoms with Crippen LogP contribution in [0.1, 0.15) is 6.42 Å². The molecule has 0 spiro atoms. The highest BCUT2D eigenvalue weighted by molar-refractivity contribution is 5.83. The first-order valence-electron chi connectivity index (χ1n) is 3.70. The van der Waals surface area contributed by atoms with Crippen LogP contribution in [0.5, 0.6) is 0 Å². The summed E-state index contributed by atoms with van der Waals surface area (Å²) in [5.41, 5.74) is -0.144. The maximum Gasteiger partial charge on any atom is 0.509 e. The van der Waals surface area contributed by atoms with E-state index in [1.165, 1.54) is 0 Å². The SMILES string of the molecule is C#CCOC(=O)OCCC(=C)C(=O)[O-]. The minimum Gasteiger partial charge on any atom is -0.545 e. The lowest BCUT2D eigenvalue weighted by atomic mass is 10.2. The molecule has 0 aliphatic heterocycles. The Morgan fingerprint density at radius 1 is 1.43 bits per heavy atom. The number of terminal acetylenes is 1. The van der Waals surface area contributed by atoms with E-state index in [4.69, 9.17) is 6.42 Å². The van der Waals surface area contributed by atoms with Crippen LogP contribution in [-0.4, -0.2) is 25.3 Å². The second kappa shape index (κ2) is 6.54. The Hall–Kier alpha value is -1.96. The molecule has 0 aromatic heterocycles. The van der Waals surface area contributed by atoms with E-state index in [-0.39, 0.29) is 25.2 Å². The first kappa shape index (κ1) is 12.0. The molecule has 0 N–H and O–H groups in total. The van der Waals surface area contributed by atoms with Crippen LogP contribution in [0.3, 0.4) is 0 Å². The van der Waals surface area contributed by atoms with Gasteiger partial charge < -0.3 is 19.4 Å². The van der Waals surface area contributed by atoms with Gasteiger partial charge in [-0.25, -0.2) is 4.79 Å². The van der Waals surface area contributed by atoms with Gasteiger partial charge in [0.05, 0.1) is 12.6 Å². The average molecular weight is 197 g/mol. The van der Waals surface area contributed by atoms with Gasteiger partial charge in [-0.1, -0.05) is 12.5 Å². The zero-order chi connectivity index (χ0) is 11.0. The molecule has 0 heterocycles. The van der Waals surface area contributed by atoms with E-state index in [1.54, 1.807) is 0 Å². The van der Waals surface area contributed by atoms with Crippen molar-refractivity contribution in [3.05, 3.63) is 12.2 Å². The summed E-state index contributed by atoms with van der Waals surface area (Å²) in [6.45, 7) is 2.88. The molecule has 0 unspecified atom stereocenters. The predicted molar refractivity (Wildman–Crippen MR) is 44.9 cm³/mol. The second-order valence-corrected chi connectivity index (χ2v) is 2.23. The van der Waals surface area contributed by atoms with Crippen LogP contribution in [0.25, 0.3) is 0 Å². The van der Waals surface area contributed by atoms with Gasteiger partial charge in [-0.05, 0) is 5.57 Å². The second-order valence-electron chi connectivity index (χ2n) is 2.23. The molecule has 0 radical (unpaired) electrons. The van der Waals surface area contributed by atoms with Crippen molar-refractivity contribution in [3.63, 3.8) is 0 Å². The fraction of sp³-hybridized carbons (Fsp3) is 0.333. The van der Waals surface area contributed by atoms with Crippen LogP contribution in [0.2, 0.25) is 0 Å². The van der Waals surface area contributed by atoms with Gasteiger partial charge in [0, 0.05) is 6.42 Å². The van der Waals surface area contributed by atoms with Crippen molar-refractivity contribution in [2.75, 3.05) is 13.2 Å². The molecule has 76 valence electrons. The number of ether oxygens (including phenoxy) is 2. The van der Waals surface area contributed by atoms with Crippen molar-refractivity contribution in [3.8, 4) is 12.3 Å². The zero-order valence-electron chi connectivity index (χ0n) is 7.45. The molecule has 0 aromatic rings. The van der Waals surface area contributed by atoms with E-state index in [0.29, 0.717) is 0 Å². The molecule has 0 atom stereocenters. The first-order chi connectivity index (χ1) is 6.57. The molecule has 0 aliphatic rings. The highest BCUT2D eigenvalue weighted by Crippen LogP contribution is 1.97. The number of carboxylic acids is 1. The van der Waals surface area contributed by atoms with Gasteiger partial charge >= 0.3 is 6.16 Å². The molecular formula is C9H9O5-. The number of carbonyl (C=O) groups excluding carboxylic acids is 2. The fourth-order valence-corrected chi connectivity index (χ4v) is 0.502. The van der Waals surface area contributed by atoms with E-state index < -0.39 is 12.1 Å². The summed E-state index contributed by atoms with van der Waals surface area (Å²) in [4.78, 5) is 20.8. The van der Waals surface area contributed by atoms with Crippen molar-refractivity contribution in [1.82, 2.24) is 0 Å². The highest BCUT2D eigenvalue weighted by atomic mass is 16.7. The summed E-state index contributed by atoms with van der Waals surface area (Å²) in [7, 11) is 0. The summed E-state index contributed by atoms with van der Waals surface area (Å²) in [6.07, 6.45) is 3.87. The molecule has 14 heavy (non-hydrogen) atoms. The zero-order valence-corrected chi connectivity index (χ0v) is 7.45. The van der Waals surface area contributed by atoms with Crippen molar-refractivity contribution in [2.24, 2.45) is 0 Å². The van der Waals surface area contributed by atoms with Gasteiger partial charge in [0.15, 0.2) is 6.61 Å². The summed E-state index contributed by atoms with van der Waals surface area (Å²) < 4.78 is 8.80. The number of aliphatic carboxylic acids is 1. The smallest absolute Gasteiger partial charge is 0.509 e. The van der Waals surface area contributed by atoms with Gasteiger partial charge in [-0.2, -0.15) is 0 Å². The highest BCUT2D eigenvalue weighted by Gasteiger charge is 2.02. The summed E-state index contributed by atoms with van der Waals surface area (Å²) in [5.74, 6) is 0.701. The fourth-order valence-electron chi connectivity index (χ4n) is 0.502. The van der Waals surface area contributed by atoms with E-state index in [1.807, 2.05) is 0 Å². The van der Waals surface area contributed by atoms with Crippen molar-refractivity contribution >= 4 is 12.1 Å².